The van der Waals surface area contributed by atoms with Crippen molar-refractivity contribution in [2.24, 2.45) is 0 Å². The summed E-state index contributed by atoms with van der Waals surface area (Å²) in [6.45, 7) is 0. The summed E-state index contributed by atoms with van der Waals surface area (Å²) >= 11 is 0. The molecule has 9 aromatic rings. The summed E-state index contributed by atoms with van der Waals surface area (Å²) in [5.41, 5.74) is 9.95. The predicted octanol–water partition coefficient (Wildman–Crippen LogP) is 13.0. The maximum Gasteiger partial charge on any atom is -0.00262 e. The Morgan fingerprint density at radius 3 is 1.30 bits per heavy atom. The summed E-state index contributed by atoms with van der Waals surface area (Å²) in [7, 11) is 0. The average molecular weight is 583 g/mol. The fraction of sp³-hybridized carbons (Fsp3) is 0. The van der Waals surface area contributed by atoms with Crippen LogP contribution in [0.2, 0.25) is 0 Å². The van der Waals surface area contributed by atoms with E-state index < -0.39 is 0 Å². The highest BCUT2D eigenvalue weighted by molar-refractivity contribution is 6.22. The van der Waals surface area contributed by atoms with Crippen LogP contribution >= 0.6 is 0 Å². The van der Waals surface area contributed by atoms with Crippen LogP contribution in [-0.4, -0.2) is 0 Å². The van der Waals surface area contributed by atoms with Crippen molar-refractivity contribution in [2.45, 2.75) is 0 Å². The summed E-state index contributed by atoms with van der Waals surface area (Å²) in [4.78, 5) is 0. The first-order valence-electron chi connectivity index (χ1n) is 15.9. The molecule has 9 aromatic carbocycles. The molecule has 0 N–H and O–H groups in total. The largest absolute Gasteiger partial charge is 0.0622 e. The van der Waals surface area contributed by atoms with Crippen LogP contribution in [0.5, 0.6) is 0 Å². The van der Waals surface area contributed by atoms with Crippen molar-refractivity contribution in [3.63, 3.8) is 0 Å². The maximum atomic E-state index is 2.42. The topological polar surface area (TPSA) is 0 Å². The van der Waals surface area contributed by atoms with Gasteiger partial charge in [-0.1, -0.05) is 170 Å². The third kappa shape index (κ3) is 4.30. The van der Waals surface area contributed by atoms with Gasteiger partial charge in [0.15, 0.2) is 0 Å². The fourth-order valence-electron chi connectivity index (χ4n) is 7.34. The van der Waals surface area contributed by atoms with Gasteiger partial charge in [0, 0.05) is 0 Å². The summed E-state index contributed by atoms with van der Waals surface area (Å²) < 4.78 is 0. The molecule has 0 saturated carbocycles. The van der Waals surface area contributed by atoms with Crippen LogP contribution in [0.4, 0.5) is 0 Å². The molecule has 0 radical (unpaired) electrons. The van der Waals surface area contributed by atoms with Crippen molar-refractivity contribution in [3.8, 4) is 44.5 Å². The first-order chi connectivity index (χ1) is 22.8. The van der Waals surface area contributed by atoms with E-state index in [0.29, 0.717) is 0 Å². The Bertz CT molecular complexity index is 2560. The van der Waals surface area contributed by atoms with E-state index in [9.17, 15) is 0 Å². The van der Waals surface area contributed by atoms with Gasteiger partial charge in [-0.25, -0.2) is 0 Å². The second-order valence-corrected chi connectivity index (χ2v) is 12.1. The molecule has 0 aromatic heterocycles. The zero-order valence-corrected chi connectivity index (χ0v) is 25.3. The molecular weight excluding hydrogens is 553 g/mol. The first-order valence-corrected chi connectivity index (χ1v) is 15.9. The molecule has 0 spiro atoms. The van der Waals surface area contributed by atoms with E-state index in [4.69, 9.17) is 0 Å². The van der Waals surface area contributed by atoms with Gasteiger partial charge < -0.3 is 0 Å². The molecule has 0 heterocycles. The van der Waals surface area contributed by atoms with Crippen molar-refractivity contribution in [1.29, 1.82) is 0 Å². The molecule has 0 aliphatic heterocycles. The van der Waals surface area contributed by atoms with Gasteiger partial charge >= 0.3 is 0 Å². The van der Waals surface area contributed by atoms with Crippen LogP contribution in [0.15, 0.2) is 182 Å². The van der Waals surface area contributed by atoms with Gasteiger partial charge in [0.05, 0.1) is 0 Å². The van der Waals surface area contributed by atoms with Gasteiger partial charge in [0.25, 0.3) is 0 Å². The minimum absolute atomic E-state index is 1.22. The lowest BCUT2D eigenvalue weighted by atomic mass is 9.84. The predicted molar refractivity (Wildman–Crippen MR) is 198 cm³/mol. The van der Waals surface area contributed by atoms with Gasteiger partial charge in [0.1, 0.15) is 0 Å². The SMILES string of the molecule is c1ccc(-c2c3ccccc3c(-c3ccccc3)c3cc(-c4ccccc4-c4ccc5c(ccc6ccccc65)c4)ccc23)cc1. The highest BCUT2D eigenvalue weighted by atomic mass is 14.2. The molecule has 0 aliphatic carbocycles. The molecule has 0 heteroatoms. The second-order valence-electron chi connectivity index (χ2n) is 12.1. The van der Waals surface area contributed by atoms with E-state index >= 15 is 0 Å². The Balaban J connectivity index is 1.31. The van der Waals surface area contributed by atoms with E-state index in [2.05, 4.69) is 182 Å². The van der Waals surface area contributed by atoms with Crippen LogP contribution in [0, 0.1) is 0 Å². The van der Waals surface area contributed by atoms with Crippen molar-refractivity contribution >= 4 is 43.1 Å². The van der Waals surface area contributed by atoms with Gasteiger partial charge in [-0.2, -0.15) is 0 Å². The smallest absolute Gasteiger partial charge is 0.00262 e. The van der Waals surface area contributed by atoms with Crippen molar-refractivity contribution < 1.29 is 0 Å². The van der Waals surface area contributed by atoms with Crippen LogP contribution in [0.25, 0.3) is 87.6 Å². The Labute approximate surface area is 268 Å². The zero-order valence-electron chi connectivity index (χ0n) is 25.3. The molecule has 0 fully saturated rings. The number of rotatable bonds is 4. The number of hydrogen-bond acceptors (Lipinski definition) is 0. The molecule has 0 amide bonds. The maximum absolute atomic E-state index is 2.42. The molecule has 0 unspecified atom stereocenters. The lowest BCUT2D eigenvalue weighted by Crippen LogP contribution is -1.92. The van der Waals surface area contributed by atoms with E-state index in [1.807, 2.05) is 0 Å². The van der Waals surface area contributed by atoms with Crippen molar-refractivity contribution in [2.75, 3.05) is 0 Å². The third-order valence-corrected chi connectivity index (χ3v) is 9.44. The van der Waals surface area contributed by atoms with Crippen LogP contribution in [-0.2, 0) is 0 Å². The Kier molecular flexibility index (Phi) is 6.25. The van der Waals surface area contributed by atoms with Crippen LogP contribution < -0.4 is 0 Å². The molecule has 0 saturated heterocycles. The lowest BCUT2D eigenvalue weighted by Gasteiger charge is -2.19. The first kappa shape index (κ1) is 26.4. The van der Waals surface area contributed by atoms with Gasteiger partial charge in [-0.05, 0) is 99.7 Å². The quantitative estimate of drug-likeness (QED) is 0.143. The van der Waals surface area contributed by atoms with E-state index in [1.54, 1.807) is 0 Å². The highest BCUT2D eigenvalue weighted by Gasteiger charge is 2.18. The molecule has 9 rings (SSSR count). The number of benzene rings is 9. The number of fused-ring (bicyclic) bond motifs is 5. The van der Waals surface area contributed by atoms with Crippen LogP contribution in [0.3, 0.4) is 0 Å². The monoisotopic (exact) mass is 582 g/mol. The minimum Gasteiger partial charge on any atom is -0.0622 e. The highest BCUT2D eigenvalue weighted by Crippen LogP contribution is 2.45. The van der Waals surface area contributed by atoms with E-state index in [-0.39, 0.29) is 0 Å². The third-order valence-electron chi connectivity index (χ3n) is 9.44. The van der Waals surface area contributed by atoms with Crippen LogP contribution in [0.1, 0.15) is 0 Å². The van der Waals surface area contributed by atoms with Crippen molar-refractivity contribution in [3.05, 3.63) is 182 Å². The summed E-state index contributed by atoms with van der Waals surface area (Å²) in [5, 5.41) is 10.2. The Hall–Kier alpha value is -5.98. The molecular formula is C46H30. The summed E-state index contributed by atoms with van der Waals surface area (Å²) in [6, 6.07) is 66.5. The average Bonchev–Trinajstić information content (AvgIpc) is 3.14. The standard InChI is InChI=1S/C46H30/c1-3-14-32(15-4-1)45-41-21-11-12-22-42(41)46(33-16-5-2-6-17-33)44-30-36(26-28-43(44)45)39-20-10-9-19-38(39)35-25-27-40-34(29-35)24-23-31-13-7-8-18-37(31)40/h1-30H. The minimum atomic E-state index is 1.22. The van der Waals surface area contributed by atoms with Gasteiger partial charge in [0.2, 0.25) is 0 Å². The van der Waals surface area contributed by atoms with E-state index in [0.717, 1.165) is 0 Å². The van der Waals surface area contributed by atoms with Gasteiger partial charge in [-0.3, -0.25) is 0 Å². The zero-order chi connectivity index (χ0) is 30.5. The van der Waals surface area contributed by atoms with Crippen molar-refractivity contribution in [1.82, 2.24) is 0 Å². The molecule has 214 valence electrons. The second kappa shape index (κ2) is 10.9. The Morgan fingerprint density at radius 1 is 0.217 bits per heavy atom. The molecule has 46 heavy (non-hydrogen) atoms. The lowest BCUT2D eigenvalue weighted by molar-refractivity contribution is 1.60. The molecule has 0 bridgehead atoms. The normalized spacial score (nSPS) is 11.5. The molecule has 0 atom stereocenters. The molecule has 0 nitrogen and oxygen atoms in total. The summed E-state index contributed by atoms with van der Waals surface area (Å²) in [5.74, 6) is 0. The Morgan fingerprint density at radius 2 is 0.652 bits per heavy atom. The fourth-order valence-corrected chi connectivity index (χ4v) is 7.34. The summed E-state index contributed by atoms with van der Waals surface area (Å²) in [6.07, 6.45) is 0. The number of hydrogen-bond donors (Lipinski definition) is 0. The molecule has 0 aliphatic rings. The van der Waals surface area contributed by atoms with Gasteiger partial charge in [-0.15, -0.1) is 0 Å². The van der Waals surface area contributed by atoms with E-state index in [1.165, 1.54) is 87.6 Å².